The molecule has 4 rings (SSSR count). The van der Waals surface area contributed by atoms with E-state index in [-0.39, 0.29) is 37.0 Å². The zero-order chi connectivity index (χ0) is 29.7. The number of rotatable bonds is 7. The third-order valence-electron chi connectivity index (χ3n) is 9.59. The van der Waals surface area contributed by atoms with Crippen molar-refractivity contribution < 1.29 is 26.2 Å². The molecule has 1 aliphatic carbocycles. The molecule has 0 saturated carbocycles. The molecule has 0 bridgehead atoms. The molecule has 0 N–H and O–H groups in total. The Morgan fingerprint density at radius 1 is 0.902 bits per heavy atom. The number of hydrogen-bond donors (Lipinski definition) is 0. The molecule has 1 atom stereocenters. The standard InChI is InChI=1S/C39H54Si.Zr/c1-14-21-40(23-33-27(6)25(4)26(5)28(33)7)37-34(38(8,9)10)22-32(35(24(2)3)36(37)39(11,12)13)31-20-16-18-29-17-15-19-30(29)31;/h15-20,22,24,27H,14,21,23H2,1-13H3;/q-1;. The van der Waals surface area contributed by atoms with Crippen LogP contribution in [0.3, 0.4) is 0 Å². The Balaban J connectivity index is 0.00000462. The van der Waals surface area contributed by atoms with E-state index in [1.807, 2.05) is 0 Å². The van der Waals surface area contributed by atoms with Crippen LogP contribution in [0.5, 0.6) is 0 Å². The second kappa shape index (κ2) is 12.7. The van der Waals surface area contributed by atoms with Crippen LogP contribution in [0.2, 0.25) is 12.1 Å². The molecule has 0 aliphatic heterocycles. The molecule has 1 aliphatic rings. The van der Waals surface area contributed by atoms with Gasteiger partial charge >= 0.3 is 0 Å². The van der Waals surface area contributed by atoms with Crippen molar-refractivity contribution in [3.05, 3.63) is 81.4 Å². The van der Waals surface area contributed by atoms with Crippen molar-refractivity contribution in [2.45, 2.75) is 125 Å². The third-order valence-corrected chi connectivity index (χ3v) is 12.7. The summed E-state index contributed by atoms with van der Waals surface area (Å²) in [5, 5.41) is 4.48. The Labute approximate surface area is 273 Å². The first-order valence-electron chi connectivity index (χ1n) is 15.7. The molecule has 41 heavy (non-hydrogen) atoms. The average Bonchev–Trinajstić information content (AvgIpc) is 3.42. The van der Waals surface area contributed by atoms with Gasteiger partial charge in [0.05, 0.1) is 8.80 Å². The number of benzene rings is 2. The summed E-state index contributed by atoms with van der Waals surface area (Å²) in [6.45, 7) is 31.6. The molecular formula is C39H54SiZr-. The summed E-state index contributed by atoms with van der Waals surface area (Å²) >= 11 is 0. The number of fused-ring (bicyclic) bond motifs is 1. The molecule has 0 nitrogen and oxygen atoms in total. The molecule has 0 aromatic heterocycles. The summed E-state index contributed by atoms with van der Waals surface area (Å²) in [5.41, 5.74) is 14.2. The van der Waals surface area contributed by atoms with E-state index in [1.165, 1.54) is 46.0 Å². The molecule has 3 aromatic rings. The summed E-state index contributed by atoms with van der Waals surface area (Å²) < 4.78 is 0. The van der Waals surface area contributed by atoms with E-state index in [0.29, 0.717) is 11.8 Å². The quantitative estimate of drug-likeness (QED) is 0.178. The molecule has 1 unspecified atom stereocenters. The number of allylic oxidation sites excluding steroid dienone is 4. The maximum absolute atomic E-state index is 2.65. The minimum Gasteiger partial charge on any atom is -0.168 e. The van der Waals surface area contributed by atoms with Crippen LogP contribution in [0.1, 0.15) is 119 Å². The fraction of sp³-hybridized carbons (Fsp3) is 0.513. The van der Waals surface area contributed by atoms with Crippen LogP contribution < -0.4 is 5.19 Å². The zero-order valence-electron chi connectivity index (χ0n) is 28.3. The minimum atomic E-state index is -0.861. The Morgan fingerprint density at radius 3 is 2.07 bits per heavy atom. The van der Waals surface area contributed by atoms with Gasteiger partial charge in [0.1, 0.15) is 0 Å². The van der Waals surface area contributed by atoms with Gasteiger partial charge in [0.2, 0.25) is 0 Å². The van der Waals surface area contributed by atoms with E-state index in [2.05, 4.69) is 132 Å². The van der Waals surface area contributed by atoms with Crippen LogP contribution in [0, 0.1) is 5.92 Å². The van der Waals surface area contributed by atoms with Crippen molar-refractivity contribution in [3.63, 3.8) is 0 Å². The molecule has 3 aromatic carbocycles. The SMILES string of the molecule is CCC[Si](CC1=C(C)C(C)=C(C)C1C)c1c(C(C)(C)C)cc(-c2cccc3[cH-]ccc23)c(C(C)C)c1C(C)(C)C.[Zr]. The van der Waals surface area contributed by atoms with Gasteiger partial charge in [-0.05, 0) is 82.9 Å². The van der Waals surface area contributed by atoms with E-state index in [1.54, 1.807) is 38.6 Å². The van der Waals surface area contributed by atoms with Gasteiger partial charge in [0, 0.05) is 26.2 Å². The molecular weight excluding hydrogens is 588 g/mol. The zero-order valence-corrected chi connectivity index (χ0v) is 31.8. The van der Waals surface area contributed by atoms with Crippen LogP contribution in [-0.4, -0.2) is 8.80 Å². The minimum absolute atomic E-state index is 0. The van der Waals surface area contributed by atoms with Gasteiger partial charge in [-0.25, -0.2) is 0 Å². The largest absolute Gasteiger partial charge is 0.168 e. The predicted molar refractivity (Wildman–Crippen MR) is 182 cm³/mol. The summed E-state index contributed by atoms with van der Waals surface area (Å²) in [6.07, 6.45) is 1.25. The van der Waals surface area contributed by atoms with Gasteiger partial charge in [0.15, 0.2) is 0 Å². The third kappa shape index (κ3) is 6.45. The molecule has 0 spiro atoms. The van der Waals surface area contributed by atoms with Crippen molar-refractivity contribution >= 4 is 24.8 Å². The Bertz CT molecular complexity index is 1460. The smallest absolute Gasteiger partial charge is 0.0906 e. The first-order chi connectivity index (χ1) is 18.6. The average molecular weight is 642 g/mol. The maximum atomic E-state index is 2.65. The van der Waals surface area contributed by atoms with Gasteiger partial charge in [-0.3, -0.25) is 0 Å². The van der Waals surface area contributed by atoms with Crippen LogP contribution >= 0.6 is 0 Å². The van der Waals surface area contributed by atoms with E-state index >= 15 is 0 Å². The van der Waals surface area contributed by atoms with E-state index in [9.17, 15) is 0 Å². The predicted octanol–water partition coefficient (Wildman–Crippen LogP) is 11.4. The normalized spacial score (nSPS) is 16.5. The second-order valence-corrected chi connectivity index (χ2v) is 17.4. The summed E-state index contributed by atoms with van der Waals surface area (Å²) in [6, 6.07) is 18.9. The van der Waals surface area contributed by atoms with E-state index in [0.717, 1.165) is 0 Å². The Morgan fingerprint density at radius 2 is 1.56 bits per heavy atom. The molecule has 219 valence electrons. The van der Waals surface area contributed by atoms with Gasteiger partial charge in [-0.15, -0.1) is 29.0 Å². The van der Waals surface area contributed by atoms with Gasteiger partial charge in [-0.2, -0.15) is 12.1 Å². The Hall–Kier alpha value is -1.37. The van der Waals surface area contributed by atoms with Crippen molar-refractivity contribution in [1.29, 1.82) is 0 Å². The Kier molecular flexibility index (Phi) is 10.6. The number of hydrogen-bond acceptors (Lipinski definition) is 0. The topological polar surface area (TPSA) is 0 Å². The first kappa shape index (κ1) is 34.1. The second-order valence-electron chi connectivity index (χ2n) is 14.8. The van der Waals surface area contributed by atoms with Crippen LogP contribution in [0.4, 0.5) is 0 Å². The molecule has 0 saturated heterocycles. The molecule has 0 heterocycles. The fourth-order valence-electron chi connectivity index (χ4n) is 7.22. The summed E-state index contributed by atoms with van der Waals surface area (Å²) in [7, 11) is -0.861. The van der Waals surface area contributed by atoms with Crippen molar-refractivity contribution in [2.24, 2.45) is 5.92 Å². The van der Waals surface area contributed by atoms with Crippen LogP contribution in [-0.2, 0) is 37.0 Å². The van der Waals surface area contributed by atoms with Crippen molar-refractivity contribution in [3.8, 4) is 11.1 Å². The summed E-state index contributed by atoms with van der Waals surface area (Å²) in [5.74, 6) is 1.02. The molecule has 0 amide bonds. The molecule has 0 fully saturated rings. The van der Waals surface area contributed by atoms with Crippen LogP contribution in [0.25, 0.3) is 21.9 Å². The van der Waals surface area contributed by atoms with Gasteiger partial charge < -0.3 is 0 Å². The van der Waals surface area contributed by atoms with E-state index < -0.39 is 8.80 Å². The monoisotopic (exact) mass is 640 g/mol. The summed E-state index contributed by atoms with van der Waals surface area (Å²) in [4.78, 5) is 0. The first-order valence-corrected chi connectivity index (χ1v) is 17.6. The maximum Gasteiger partial charge on any atom is 0.0906 e. The van der Waals surface area contributed by atoms with Crippen molar-refractivity contribution in [2.75, 3.05) is 0 Å². The van der Waals surface area contributed by atoms with Crippen molar-refractivity contribution in [1.82, 2.24) is 0 Å². The van der Waals surface area contributed by atoms with Crippen LogP contribution in [0.15, 0.2) is 64.8 Å². The van der Waals surface area contributed by atoms with E-state index in [4.69, 9.17) is 0 Å². The fourth-order valence-corrected chi connectivity index (χ4v) is 11.2. The van der Waals surface area contributed by atoms with Gasteiger partial charge in [-0.1, -0.05) is 116 Å². The molecule has 1 radical (unpaired) electrons. The van der Waals surface area contributed by atoms with Gasteiger partial charge in [0.25, 0.3) is 0 Å². The molecule has 2 heteroatoms.